The molecular weight excluding hydrogens is 434 g/mol. The Labute approximate surface area is 199 Å². The Morgan fingerprint density at radius 1 is 1.09 bits per heavy atom. The first-order valence-corrected chi connectivity index (χ1v) is 12.5. The number of ether oxygens (including phenoxy) is 1. The normalized spacial score (nSPS) is 18.0. The van der Waals surface area contributed by atoms with E-state index in [-0.39, 0.29) is 11.9 Å². The number of amides is 1. The second-order valence-corrected chi connectivity index (χ2v) is 10.0. The van der Waals surface area contributed by atoms with E-state index in [1.807, 2.05) is 12.1 Å². The smallest absolute Gasteiger partial charge is 0.291 e. The molecule has 0 spiro atoms. The molecule has 1 amide bonds. The van der Waals surface area contributed by atoms with Crippen LogP contribution in [0.5, 0.6) is 5.75 Å². The van der Waals surface area contributed by atoms with Crippen molar-refractivity contribution in [1.29, 1.82) is 0 Å². The molecule has 1 aliphatic heterocycles. The molecule has 1 atom stereocenters. The summed E-state index contributed by atoms with van der Waals surface area (Å²) in [5.41, 5.74) is 3.94. The molecule has 7 heteroatoms. The van der Waals surface area contributed by atoms with Crippen LogP contribution < -0.4 is 10.1 Å². The van der Waals surface area contributed by atoms with Crippen molar-refractivity contribution < 1.29 is 13.9 Å². The third-order valence-electron chi connectivity index (χ3n) is 6.79. The van der Waals surface area contributed by atoms with Crippen molar-refractivity contribution in [3.05, 3.63) is 70.0 Å². The number of nitrogens with one attached hydrogen (secondary N) is 1. The van der Waals surface area contributed by atoms with Crippen LogP contribution in [0.4, 0.5) is 5.00 Å². The summed E-state index contributed by atoms with van der Waals surface area (Å²) in [6.45, 7) is 4.05. The van der Waals surface area contributed by atoms with Gasteiger partial charge in [0.05, 0.1) is 19.4 Å². The third kappa shape index (κ3) is 4.58. The summed E-state index contributed by atoms with van der Waals surface area (Å²) in [6, 6.07) is 12.0. The highest BCUT2D eigenvalue weighted by atomic mass is 32.1. The minimum atomic E-state index is -0.188. The number of carbonyl (C=O) groups excluding carboxylic acids is 1. The minimum Gasteiger partial charge on any atom is -0.497 e. The zero-order valence-electron chi connectivity index (χ0n) is 19.3. The Morgan fingerprint density at radius 2 is 1.85 bits per heavy atom. The summed E-state index contributed by atoms with van der Waals surface area (Å²) in [5.74, 6) is 1.01. The molecule has 0 radical (unpaired) electrons. The zero-order valence-corrected chi connectivity index (χ0v) is 20.1. The number of anilines is 1. The van der Waals surface area contributed by atoms with Gasteiger partial charge in [-0.05, 0) is 68.1 Å². The van der Waals surface area contributed by atoms with E-state index in [0.29, 0.717) is 5.76 Å². The topological polar surface area (TPSA) is 58.0 Å². The molecule has 0 saturated carbocycles. The third-order valence-corrected chi connectivity index (χ3v) is 8.02. The van der Waals surface area contributed by atoms with Crippen LogP contribution in [-0.4, -0.2) is 56.0 Å². The summed E-state index contributed by atoms with van der Waals surface area (Å²) in [4.78, 5) is 19.3. The molecule has 1 aromatic carbocycles. The van der Waals surface area contributed by atoms with Crippen LogP contribution in [0.2, 0.25) is 0 Å². The minimum absolute atomic E-state index is 0.0922. The number of piperazine rings is 1. The fourth-order valence-electron chi connectivity index (χ4n) is 4.97. The molecule has 1 saturated heterocycles. The number of likely N-dealkylation sites (N-methyl/N-ethyl adjacent to an activating group) is 1. The lowest BCUT2D eigenvalue weighted by atomic mass is 9.88. The van der Waals surface area contributed by atoms with Crippen LogP contribution in [0.3, 0.4) is 0 Å². The van der Waals surface area contributed by atoms with Crippen LogP contribution in [0.1, 0.15) is 51.0 Å². The Bertz CT molecular complexity index is 1080. The number of furan rings is 1. The summed E-state index contributed by atoms with van der Waals surface area (Å²) in [5, 5.41) is 4.18. The summed E-state index contributed by atoms with van der Waals surface area (Å²) in [7, 11) is 3.88. The van der Waals surface area contributed by atoms with E-state index >= 15 is 0 Å². The van der Waals surface area contributed by atoms with Gasteiger partial charge in [-0.1, -0.05) is 12.1 Å². The van der Waals surface area contributed by atoms with Crippen LogP contribution in [-0.2, 0) is 12.8 Å². The monoisotopic (exact) mass is 465 g/mol. The number of carbonyl (C=O) groups is 1. The maximum atomic E-state index is 13.0. The highest BCUT2D eigenvalue weighted by Crippen LogP contribution is 2.46. The molecule has 1 N–H and O–H groups in total. The molecule has 174 valence electrons. The molecule has 0 unspecified atom stereocenters. The van der Waals surface area contributed by atoms with Gasteiger partial charge in [-0.25, -0.2) is 0 Å². The van der Waals surface area contributed by atoms with E-state index in [1.54, 1.807) is 36.8 Å². The van der Waals surface area contributed by atoms with Gasteiger partial charge in [0, 0.05) is 36.6 Å². The number of nitrogens with zero attached hydrogens (tertiary/aromatic N) is 2. The number of fused-ring (bicyclic) bond motifs is 1. The first kappa shape index (κ1) is 22.2. The number of thiophene rings is 1. The van der Waals surface area contributed by atoms with E-state index in [0.717, 1.165) is 49.8 Å². The molecule has 3 heterocycles. The van der Waals surface area contributed by atoms with Gasteiger partial charge in [0.2, 0.25) is 0 Å². The highest BCUT2D eigenvalue weighted by Gasteiger charge is 2.33. The lowest BCUT2D eigenvalue weighted by Crippen LogP contribution is -2.46. The van der Waals surface area contributed by atoms with Gasteiger partial charge in [0.1, 0.15) is 10.8 Å². The number of methoxy groups -OCH3 is 1. The fourth-order valence-corrected chi connectivity index (χ4v) is 6.29. The van der Waals surface area contributed by atoms with Gasteiger partial charge in [-0.3, -0.25) is 9.69 Å². The van der Waals surface area contributed by atoms with E-state index < -0.39 is 0 Å². The average Bonchev–Trinajstić information content (AvgIpc) is 3.50. The molecule has 0 bridgehead atoms. The SMILES string of the molecule is COc1ccc([C@H](c2c(NC(=O)c3ccco3)sc3c2CCCC3)N2CCN(C)CC2)cc1. The van der Waals surface area contributed by atoms with Crippen molar-refractivity contribution >= 4 is 22.2 Å². The lowest BCUT2D eigenvalue weighted by Gasteiger charge is -2.39. The van der Waals surface area contributed by atoms with E-state index in [4.69, 9.17) is 9.15 Å². The van der Waals surface area contributed by atoms with Crippen LogP contribution >= 0.6 is 11.3 Å². The predicted octanol–water partition coefficient (Wildman–Crippen LogP) is 4.82. The summed E-state index contributed by atoms with van der Waals surface area (Å²) >= 11 is 1.75. The van der Waals surface area contributed by atoms with E-state index in [1.165, 1.54) is 34.4 Å². The Kier molecular flexibility index (Phi) is 6.53. The maximum absolute atomic E-state index is 13.0. The quantitative estimate of drug-likeness (QED) is 0.566. The van der Waals surface area contributed by atoms with Gasteiger partial charge in [-0.15, -0.1) is 11.3 Å². The first-order valence-electron chi connectivity index (χ1n) is 11.7. The Hall–Kier alpha value is -2.61. The number of hydrogen-bond donors (Lipinski definition) is 1. The number of rotatable bonds is 6. The zero-order chi connectivity index (χ0) is 22.8. The second-order valence-electron chi connectivity index (χ2n) is 8.90. The molecule has 2 aromatic heterocycles. The van der Waals surface area contributed by atoms with Crippen molar-refractivity contribution in [1.82, 2.24) is 9.80 Å². The molecular formula is C26H31N3O3S. The molecule has 33 heavy (non-hydrogen) atoms. The van der Waals surface area contributed by atoms with Crippen LogP contribution in [0.15, 0.2) is 47.1 Å². The van der Waals surface area contributed by atoms with E-state index in [2.05, 4.69) is 34.3 Å². The first-order chi connectivity index (χ1) is 16.1. The number of aryl methyl sites for hydroxylation is 1. The molecule has 5 rings (SSSR count). The lowest BCUT2D eigenvalue weighted by molar-refractivity contribution is 0.0996. The number of benzene rings is 1. The van der Waals surface area contributed by atoms with Crippen LogP contribution in [0, 0.1) is 0 Å². The van der Waals surface area contributed by atoms with Crippen LogP contribution in [0.25, 0.3) is 0 Å². The summed E-state index contributed by atoms with van der Waals surface area (Å²) < 4.78 is 10.8. The average molecular weight is 466 g/mol. The summed E-state index contributed by atoms with van der Waals surface area (Å²) in [6.07, 6.45) is 6.10. The Balaban J connectivity index is 1.59. The van der Waals surface area contributed by atoms with Crippen molar-refractivity contribution in [2.45, 2.75) is 31.7 Å². The standard InChI is InChI=1S/C26H31N3O3S/c1-28-13-15-29(16-14-28)24(18-9-11-19(31-2)12-10-18)23-20-6-3-4-8-22(20)33-26(23)27-25(30)21-7-5-17-32-21/h5,7,9-12,17,24H,3-4,6,8,13-16H2,1-2H3,(H,27,30)/t24-/m1/s1. The van der Waals surface area contributed by atoms with Gasteiger partial charge < -0.3 is 19.4 Å². The molecule has 3 aromatic rings. The predicted molar refractivity (Wildman–Crippen MR) is 132 cm³/mol. The van der Waals surface area contributed by atoms with E-state index in [9.17, 15) is 4.79 Å². The van der Waals surface area contributed by atoms with Gasteiger partial charge in [-0.2, -0.15) is 0 Å². The van der Waals surface area contributed by atoms with Gasteiger partial charge in [0.25, 0.3) is 5.91 Å². The molecule has 2 aliphatic rings. The number of hydrogen-bond acceptors (Lipinski definition) is 6. The van der Waals surface area contributed by atoms with Crippen molar-refractivity contribution in [2.75, 3.05) is 45.7 Å². The second kappa shape index (κ2) is 9.71. The van der Waals surface area contributed by atoms with Crippen molar-refractivity contribution in [2.24, 2.45) is 0 Å². The van der Waals surface area contributed by atoms with Crippen molar-refractivity contribution in [3.8, 4) is 5.75 Å². The molecule has 1 aliphatic carbocycles. The fraction of sp³-hybridized carbons (Fsp3) is 0.423. The largest absolute Gasteiger partial charge is 0.497 e. The Morgan fingerprint density at radius 3 is 2.55 bits per heavy atom. The van der Waals surface area contributed by atoms with Gasteiger partial charge in [0.15, 0.2) is 5.76 Å². The maximum Gasteiger partial charge on any atom is 0.291 e. The molecule has 6 nitrogen and oxygen atoms in total. The van der Waals surface area contributed by atoms with Gasteiger partial charge >= 0.3 is 0 Å². The highest BCUT2D eigenvalue weighted by molar-refractivity contribution is 7.16. The molecule has 1 fully saturated rings. The van der Waals surface area contributed by atoms with Crippen molar-refractivity contribution in [3.63, 3.8) is 0 Å².